The molecule has 168 valence electrons. The van der Waals surface area contributed by atoms with Gasteiger partial charge in [-0.3, -0.25) is 4.90 Å². The fraction of sp³-hybridized carbons (Fsp3) is 0.458. The van der Waals surface area contributed by atoms with Crippen LogP contribution in [-0.4, -0.2) is 56.4 Å². The third-order valence-corrected chi connectivity index (χ3v) is 4.99. The van der Waals surface area contributed by atoms with Crippen LogP contribution in [0, 0.1) is 5.82 Å². The maximum absolute atomic E-state index is 13.8. The van der Waals surface area contributed by atoms with E-state index in [0.29, 0.717) is 19.0 Å². The van der Waals surface area contributed by atoms with Crippen molar-refractivity contribution in [2.24, 2.45) is 4.99 Å². The fourth-order valence-electron chi connectivity index (χ4n) is 3.40. The molecule has 1 aliphatic heterocycles. The van der Waals surface area contributed by atoms with E-state index in [2.05, 4.69) is 39.8 Å². The number of halogens is 1. The van der Waals surface area contributed by atoms with Crippen LogP contribution in [-0.2, 0) is 17.8 Å². The predicted molar refractivity (Wildman–Crippen MR) is 122 cm³/mol. The quantitative estimate of drug-likeness (QED) is 0.475. The van der Waals surface area contributed by atoms with Gasteiger partial charge in [0.2, 0.25) is 0 Å². The van der Waals surface area contributed by atoms with E-state index in [4.69, 9.17) is 14.5 Å². The zero-order valence-electron chi connectivity index (χ0n) is 18.4. The fourth-order valence-corrected chi connectivity index (χ4v) is 3.40. The lowest BCUT2D eigenvalue weighted by Gasteiger charge is -2.26. The molecular weight excluding hydrogens is 395 g/mol. The van der Waals surface area contributed by atoms with Gasteiger partial charge in [-0.25, -0.2) is 9.38 Å². The van der Waals surface area contributed by atoms with Gasteiger partial charge in [-0.05, 0) is 37.1 Å². The molecule has 2 aromatic rings. The Hall–Kier alpha value is -2.64. The lowest BCUT2D eigenvalue weighted by atomic mass is 10.1. The maximum Gasteiger partial charge on any atom is 0.191 e. The summed E-state index contributed by atoms with van der Waals surface area (Å²) in [5, 5.41) is 6.53. The normalized spacial score (nSPS) is 16.0. The first-order valence-corrected chi connectivity index (χ1v) is 11.0. The van der Waals surface area contributed by atoms with Crippen molar-refractivity contribution < 1.29 is 13.9 Å². The van der Waals surface area contributed by atoms with Gasteiger partial charge in [-0.2, -0.15) is 0 Å². The summed E-state index contributed by atoms with van der Waals surface area (Å²) in [5.74, 6) is 0.618. The summed E-state index contributed by atoms with van der Waals surface area (Å²) >= 11 is 0. The maximum atomic E-state index is 13.8. The molecule has 2 N–H and O–H groups in total. The van der Waals surface area contributed by atoms with Crippen LogP contribution in [0.15, 0.2) is 53.5 Å². The second kappa shape index (κ2) is 12.3. The predicted octanol–water partition coefficient (Wildman–Crippen LogP) is 3.18. The van der Waals surface area contributed by atoms with Crippen molar-refractivity contribution in [3.8, 4) is 5.75 Å². The number of aliphatic imine (C=N–C) groups is 1. The number of nitrogens with zero attached hydrogens (tertiary/aromatic N) is 2. The number of rotatable bonds is 9. The van der Waals surface area contributed by atoms with Crippen molar-refractivity contribution in [3.05, 3.63) is 65.5 Å². The highest BCUT2D eigenvalue weighted by molar-refractivity contribution is 5.79. The largest absolute Gasteiger partial charge is 0.486 e. The first-order valence-electron chi connectivity index (χ1n) is 11.0. The van der Waals surface area contributed by atoms with Crippen LogP contribution in [0.3, 0.4) is 0 Å². The lowest BCUT2D eigenvalue weighted by molar-refractivity contribution is 0.0342. The van der Waals surface area contributed by atoms with Crippen molar-refractivity contribution in [3.63, 3.8) is 0 Å². The Morgan fingerprint density at radius 3 is 2.68 bits per heavy atom. The molecule has 0 radical (unpaired) electrons. The van der Waals surface area contributed by atoms with Crippen LogP contribution in [0.1, 0.15) is 25.0 Å². The van der Waals surface area contributed by atoms with Gasteiger partial charge < -0.3 is 20.1 Å². The zero-order valence-corrected chi connectivity index (χ0v) is 18.4. The number of guanidine groups is 1. The Kier molecular flexibility index (Phi) is 9.12. The molecule has 3 rings (SSSR count). The number of para-hydroxylation sites is 1. The van der Waals surface area contributed by atoms with Gasteiger partial charge in [0, 0.05) is 26.2 Å². The Labute approximate surface area is 184 Å². The molecule has 0 spiro atoms. The highest BCUT2D eigenvalue weighted by Gasteiger charge is 2.11. The molecule has 1 saturated heterocycles. The highest BCUT2D eigenvalue weighted by Crippen LogP contribution is 2.16. The molecule has 7 heteroatoms. The van der Waals surface area contributed by atoms with Gasteiger partial charge >= 0.3 is 0 Å². The van der Waals surface area contributed by atoms with Crippen molar-refractivity contribution >= 4 is 5.96 Å². The second-order valence-electron chi connectivity index (χ2n) is 7.64. The Morgan fingerprint density at radius 2 is 1.90 bits per heavy atom. The zero-order chi connectivity index (χ0) is 21.9. The molecule has 0 saturated carbocycles. The summed E-state index contributed by atoms with van der Waals surface area (Å²) in [5.41, 5.74) is 2.46. The summed E-state index contributed by atoms with van der Waals surface area (Å²) in [7, 11) is 0. The molecule has 1 atom stereocenters. The van der Waals surface area contributed by atoms with Crippen LogP contribution >= 0.6 is 0 Å². The van der Waals surface area contributed by atoms with E-state index >= 15 is 0 Å². The standard InChI is InChI=1S/C24H33FN4O2/c1-3-26-24(27-16-19(2)31-23-10-5-4-9-22(23)25)28-17-20-7-6-8-21(15-20)18-29-11-13-30-14-12-29/h4-10,15,19H,3,11-14,16-18H2,1-2H3,(H2,26,27,28). The number of nitrogens with one attached hydrogen (secondary N) is 2. The number of hydrogen-bond acceptors (Lipinski definition) is 4. The van der Waals surface area contributed by atoms with E-state index in [1.807, 2.05) is 13.8 Å². The second-order valence-corrected chi connectivity index (χ2v) is 7.64. The smallest absolute Gasteiger partial charge is 0.191 e. The molecular formula is C24H33FN4O2. The van der Waals surface area contributed by atoms with Crippen LogP contribution in [0.4, 0.5) is 4.39 Å². The highest BCUT2D eigenvalue weighted by atomic mass is 19.1. The van der Waals surface area contributed by atoms with Gasteiger partial charge in [-0.15, -0.1) is 0 Å². The molecule has 1 unspecified atom stereocenters. The minimum Gasteiger partial charge on any atom is -0.486 e. The monoisotopic (exact) mass is 428 g/mol. The minimum absolute atomic E-state index is 0.211. The third kappa shape index (κ3) is 7.84. The van der Waals surface area contributed by atoms with E-state index in [1.165, 1.54) is 17.2 Å². The summed E-state index contributed by atoms with van der Waals surface area (Å²) in [6, 6.07) is 15.0. The van der Waals surface area contributed by atoms with E-state index in [9.17, 15) is 4.39 Å². The first-order chi connectivity index (χ1) is 15.1. The number of ether oxygens (including phenoxy) is 2. The van der Waals surface area contributed by atoms with Crippen molar-refractivity contribution in [2.75, 3.05) is 39.4 Å². The van der Waals surface area contributed by atoms with Gasteiger partial charge in [0.1, 0.15) is 6.10 Å². The summed E-state index contributed by atoms with van der Waals surface area (Å²) < 4.78 is 24.9. The molecule has 1 aliphatic rings. The molecule has 1 heterocycles. The number of benzene rings is 2. The molecule has 0 aromatic heterocycles. The van der Waals surface area contributed by atoms with E-state index in [0.717, 1.165) is 39.4 Å². The van der Waals surface area contributed by atoms with E-state index in [-0.39, 0.29) is 17.7 Å². The molecule has 0 amide bonds. The average molecular weight is 429 g/mol. The third-order valence-electron chi connectivity index (χ3n) is 4.99. The summed E-state index contributed by atoms with van der Waals surface area (Å²) in [6.45, 7) is 10.3. The number of morpholine rings is 1. The van der Waals surface area contributed by atoms with Crippen molar-refractivity contribution in [1.29, 1.82) is 0 Å². The lowest BCUT2D eigenvalue weighted by Crippen LogP contribution is -2.41. The van der Waals surface area contributed by atoms with Crippen molar-refractivity contribution in [2.45, 2.75) is 33.0 Å². The van der Waals surface area contributed by atoms with Crippen LogP contribution in [0.25, 0.3) is 0 Å². The van der Waals surface area contributed by atoms with E-state index < -0.39 is 0 Å². The molecule has 1 fully saturated rings. The molecule has 0 aliphatic carbocycles. The van der Waals surface area contributed by atoms with Gasteiger partial charge in [-0.1, -0.05) is 36.4 Å². The topological polar surface area (TPSA) is 58.1 Å². The van der Waals surface area contributed by atoms with Crippen LogP contribution in [0.5, 0.6) is 5.75 Å². The Balaban J connectivity index is 1.52. The van der Waals surface area contributed by atoms with Crippen molar-refractivity contribution in [1.82, 2.24) is 15.5 Å². The molecule has 2 aromatic carbocycles. The molecule has 6 nitrogen and oxygen atoms in total. The molecule has 0 bridgehead atoms. The first kappa shape index (κ1) is 23.0. The number of hydrogen-bond donors (Lipinski definition) is 2. The Bertz CT molecular complexity index is 840. The average Bonchev–Trinajstić information content (AvgIpc) is 2.78. The van der Waals surface area contributed by atoms with Gasteiger partial charge in [0.05, 0.1) is 26.3 Å². The van der Waals surface area contributed by atoms with Crippen LogP contribution < -0.4 is 15.4 Å². The van der Waals surface area contributed by atoms with Gasteiger partial charge in [0.25, 0.3) is 0 Å². The van der Waals surface area contributed by atoms with E-state index in [1.54, 1.807) is 18.2 Å². The SMILES string of the molecule is CCNC(=NCc1cccc(CN2CCOCC2)c1)NCC(C)Oc1ccccc1F. The summed E-state index contributed by atoms with van der Waals surface area (Å²) in [4.78, 5) is 7.11. The minimum atomic E-state index is -0.355. The van der Waals surface area contributed by atoms with Crippen LogP contribution in [0.2, 0.25) is 0 Å². The molecule has 31 heavy (non-hydrogen) atoms. The summed E-state index contributed by atoms with van der Waals surface area (Å²) in [6.07, 6.45) is -0.211. The Morgan fingerprint density at radius 1 is 1.13 bits per heavy atom. The van der Waals surface area contributed by atoms with Gasteiger partial charge in [0.15, 0.2) is 17.5 Å².